The Morgan fingerprint density at radius 2 is 1.85 bits per heavy atom. The molecule has 1 saturated heterocycles. The molecule has 0 aliphatic carbocycles. The third-order valence-corrected chi connectivity index (χ3v) is 5.30. The minimum Gasteiger partial charge on any atom is -0.450 e. The zero-order valence-corrected chi connectivity index (χ0v) is 16.2. The van der Waals surface area contributed by atoms with Crippen molar-refractivity contribution in [2.45, 2.75) is 58.0 Å². The van der Waals surface area contributed by atoms with Crippen molar-refractivity contribution in [3.8, 4) is 0 Å². The van der Waals surface area contributed by atoms with Gasteiger partial charge in [-0.3, -0.25) is 0 Å². The lowest BCUT2D eigenvalue weighted by Gasteiger charge is -2.35. The number of likely N-dealkylation sites (tertiary alicyclic amines) is 1. The minimum atomic E-state index is -0.270. The molecule has 0 bridgehead atoms. The average Bonchev–Trinajstić information content (AvgIpc) is 2.63. The van der Waals surface area contributed by atoms with Crippen LogP contribution in [0, 0.1) is 0 Å². The molecular formula is C20H31N3O3. The van der Waals surface area contributed by atoms with Gasteiger partial charge in [0, 0.05) is 30.6 Å². The number of hydrogen-bond acceptors (Lipinski definition) is 3. The van der Waals surface area contributed by atoms with E-state index in [1.807, 2.05) is 25.1 Å². The third kappa shape index (κ3) is 5.13. The van der Waals surface area contributed by atoms with Gasteiger partial charge in [-0.15, -0.1) is 0 Å². The van der Waals surface area contributed by atoms with E-state index in [9.17, 15) is 9.59 Å². The van der Waals surface area contributed by atoms with Crippen molar-refractivity contribution in [1.29, 1.82) is 0 Å². The van der Waals surface area contributed by atoms with Gasteiger partial charge in [-0.05, 0) is 32.3 Å². The summed E-state index contributed by atoms with van der Waals surface area (Å²) in [6.45, 7) is 9.68. The smallest absolute Gasteiger partial charge is 0.409 e. The first-order chi connectivity index (χ1) is 12.3. The van der Waals surface area contributed by atoms with Crippen molar-refractivity contribution in [3.05, 3.63) is 35.9 Å². The van der Waals surface area contributed by atoms with Crippen LogP contribution in [0.25, 0.3) is 0 Å². The van der Waals surface area contributed by atoms with Gasteiger partial charge in [-0.1, -0.05) is 44.2 Å². The lowest BCUT2D eigenvalue weighted by molar-refractivity contribution is 0.0956. The number of urea groups is 1. The minimum absolute atomic E-state index is 0.0236. The summed E-state index contributed by atoms with van der Waals surface area (Å²) in [5, 5.41) is 6.10. The van der Waals surface area contributed by atoms with Crippen molar-refractivity contribution < 1.29 is 14.3 Å². The zero-order valence-electron chi connectivity index (χ0n) is 16.2. The second-order valence-electron chi connectivity index (χ2n) is 7.39. The van der Waals surface area contributed by atoms with Crippen LogP contribution in [0.4, 0.5) is 9.59 Å². The number of nitrogens with one attached hydrogen (secondary N) is 2. The summed E-state index contributed by atoms with van der Waals surface area (Å²) in [6.07, 6.45) is 1.21. The van der Waals surface area contributed by atoms with Gasteiger partial charge >= 0.3 is 12.1 Å². The van der Waals surface area contributed by atoms with E-state index in [2.05, 4.69) is 36.6 Å². The largest absolute Gasteiger partial charge is 0.450 e. The molecule has 2 N–H and O–H groups in total. The summed E-state index contributed by atoms with van der Waals surface area (Å²) >= 11 is 0. The van der Waals surface area contributed by atoms with Crippen LogP contribution >= 0.6 is 0 Å². The Hall–Kier alpha value is -2.24. The fourth-order valence-electron chi connectivity index (χ4n) is 3.14. The Labute approximate surface area is 156 Å². The number of piperidine rings is 1. The molecule has 3 amide bonds. The first kappa shape index (κ1) is 20.1. The topological polar surface area (TPSA) is 70.7 Å². The normalized spacial score (nSPS) is 16.7. The lowest BCUT2D eigenvalue weighted by Crippen LogP contribution is -2.53. The van der Waals surface area contributed by atoms with Crippen molar-refractivity contribution in [1.82, 2.24) is 15.5 Å². The predicted molar refractivity (Wildman–Crippen MR) is 102 cm³/mol. The maximum absolute atomic E-state index is 12.4. The molecule has 6 heteroatoms. The van der Waals surface area contributed by atoms with E-state index < -0.39 is 0 Å². The number of rotatable bonds is 5. The lowest BCUT2D eigenvalue weighted by atomic mass is 9.78. The van der Waals surface area contributed by atoms with E-state index in [-0.39, 0.29) is 29.6 Å². The summed E-state index contributed by atoms with van der Waals surface area (Å²) in [4.78, 5) is 25.8. The molecule has 1 aromatic carbocycles. The van der Waals surface area contributed by atoms with Crippen LogP contribution in [0.2, 0.25) is 0 Å². The first-order valence-electron chi connectivity index (χ1n) is 9.38. The maximum atomic E-state index is 12.4. The summed E-state index contributed by atoms with van der Waals surface area (Å²) in [6, 6.07) is 10.1. The quantitative estimate of drug-likeness (QED) is 0.845. The number of nitrogens with zero attached hydrogens (tertiary/aromatic N) is 1. The van der Waals surface area contributed by atoms with Crippen LogP contribution < -0.4 is 10.6 Å². The molecule has 0 aromatic heterocycles. The molecule has 0 radical (unpaired) electrons. The Kier molecular flexibility index (Phi) is 6.89. The monoisotopic (exact) mass is 361 g/mol. The van der Waals surface area contributed by atoms with Crippen molar-refractivity contribution >= 4 is 12.1 Å². The Morgan fingerprint density at radius 3 is 2.42 bits per heavy atom. The van der Waals surface area contributed by atoms with Gasteiger partial charge in [-0.2, -0.15) is 0 Å². The molecule has 0 spiro atoms. The van der Waals surface area contributed by atoms with Crippen LogP contribution in [0.15, 0.2) is 30.3 Å². The number of carbonyl (C=O) groups excluding carboxylic acids is 2. The van der Waals surface area contributed by atoms with Crippen LogP contribution in [0.1, 0.15) is 46.1 Å². The van der Waals surface area contributed by atoms with Gasteiger partial charge in [0.15, 0.2) is 0 Å². The fraction of sp³-hybridized carbons (Fsp3) is 0.600. The number of hydrogen-bond donors (Lipinski definition) is 2. The predicted octanol–water partition coefficient (Wildman–Crippen LogP) is 3.27. The van der Waals surface area contributed by atoms with Crippen molar-refractivity contribution in [2.24, 2.45) is 0 Å². The second kappa shape index (κ2) is 8.92. The van der Waals surface area contributed by atoms with E-state index in [1.165, 1.54) is 5.56 Å². The summed E-state index contributed by atoms with van der Waals surface area (Å²) < 4.78 is 5.02. The molecule has 1 aromatic rings. The van der Waals surface area contributed by atoms with E-state index in [1.54, 1.807) is 11.8 Å². The highest BCUT2D eigenvalue weighted by molar-refractivity contribution is 5.75. The molecule has 2 rings (SSSR count). The Morgan fingerprint density at radius 1 is 1.23 bits per heavy atom. The van der Waals surface area contributed by atoms with Gasteiger partial charge < -0.3 is 20.3 Å². The van der Waals surface area contributed by atoms with Gasteiger partial charge in [-0.25, -0.2) is 9.59 Å². The molecule has 26 heavy (non-hydrogen) atoms. The molecule has 1 aliphatic rings. The Balaban J connectivity index is 1.81. The van der Waals surface area contributed by atoms with Crippen LogP contribution in [-0.2, 0) is 10.2 Å². The number of benzene rings is 1. The highest BCUT2D eigenvalue weighted by Gasteiger charge is 2.30. The average molecular weight is 361 g/mol. The zero-order chi connectivity index (χ0) is 19.2. The molecule has 1 heterocycles. The van der Waals surface area contributed by atoms with E-state index in [0.29, 0.717) is 19.7 Å². The SMILES string of the molecule is CCOC(=O)N1CCC(NC(=O)NC(C)C(C)(C)c2ccccc2)CC1. The maximum Gasteiger partial charge on any atom is 0.409 e. The van der Waals surface area contributed by atoms with E-state index in [0.717, 1.165) is 12.8 Å². The Bertz CT molecular complexity index is 596. The summed E-state index contributed by atoms with van der Waals surface area (Å²) in [5.74, 6) is 0. The standard InChI is InChI=1S/C20H31N3O3/c1-5-26-19(25)23-13-11-17(12-14-23)22-18(24)21-15(2)20(3,4)16-9-7-6-8-10-16/h6-10,15,17H,5,11-14H2,1-4H3,(H2,21,22,24). The fourth-order valence-corrected chi connectivity index (χ4v) is 3.14. The molecule has 0 saturated carbocycles. The molecule has 1 aliphatic heterocycles. The van der Waals surface area contributed by atoms with Gasteiger partial charge in [0.25, 0.3) is 0 Å². The molecule has 144 valence electrons. The molecule has 1 fully saturated rings. The molecule has 1 unspecified atom stereocenters. The van der Waals surface area contributed by atoms with Crippen molar-refractivity contribution in [2.75, 3.05) is 19.7 Å². The van der Waals surface area contributed by atoms with Gasteiger partial charge in [0.1, 0.15) is 0 Å². The third-order valence-electron chi connectivity index (χ3n) is 5.30. The highest BCUT2D eigenvalue weighted by Crippen LogP contribution is 2.26. The second-order valence-corrected chi connectivity index (χ2v) is 7.39. The first-order valence-corrected chi connectivity index (χ1v) is 9.38. The van der Waals surface area contributed by atoms with Crippen LogP contribution in [-0.4, -0.2) is 48.8 Å². The molecular weight excluding hydrogens is 330 g/mol. The summed E-state index contributed by atoms with van der Waals surface area (Å²) in [5.41, 5.74) is 1.02. The van der Waals surface area contributed by atoms with Crippen LogP contribution in [0.5, 0.6) is 0 Å². The number of ether oxygens (including phenoxy) is 1. The van der Waals surface area contributed by atoms with Crippen LogP contribution in [0.3, 0.4) is 0 Å². The number of amides is 3. The van der Waals surface area contributed by atoms with Gasteiger partial charge in [0.2, 0.25) is 0 Å². The van der Waals surface area contributed by atoms with E-state index >= 15 is 0 Å². The molecule has 6 nitrogen and oxygen atoms in total. The molecule has 1 atom stereocenters. The highest BCUT2D eigenvalue weighted by atomic mass is 16.6. The van der Waals surface area contributed by atoms with Crippen molar-refractivity contribution in [3.63, 3.8) is 0 Å². The van der Waals surface area contributed by atoms with Gasteiger partial charge in [0.05, 0.1) is 6.61 Å². The summed E-state index contributed by atoms with van der Waals surface area (Å²) in [7, 11) is 0. The van der Waals surface area contributed by atoms with E-state index in [4.69, 9.17) is 4.74 Å². The number of carbonyl (C=O) groups is 2.